The van der Waals surface area contributed by atoms with Gasteiger partial charge in [0.1, 0.15) is 11.7 Å². The van der Waals surface area contributed by atoms with Crippen molar-refractivity contribution in [2.45, 2.75) is 38.3 Å². The molecule has 0 bridgehead atoms. The minimum absolute atomic E-state index is 0.0902. The molecule has 4 heterocycles. The molecule has 1 aromatic heterocycles. The molecule has 1 fully saturated rings. The number of carbonyl (C=O) groups excluding carboxylic acids is 4. The third-order valence-corrected chi connectivity index (χ3v) is 5.70. The van der Waals surface area contributed by atoms with E-state index >= 15 is 0 Å². The van der Waals surface area contributed by atoms with Gasteiger partial charge in [0, 0.05) is 24.1 Å². The number of aromatic nitrogens is 2. The highest BCUT2D eigenvalue weighted by Crippen LogP contribution is 2.34. The number of nitrogens with zero attached hydrogens (tertiary/aromatic N) is 4. The van der Waals surface area contributed by atoms with Crippen molar-refractivity contribution in [1.29, 1.82) is 0 Å². The molecule has 0 radical (unpaired) electrons. The van der Waals surface area contributed by atoms with Gasteiger partial charge in [0.05, 0.1) is 6.54 Å². The zero-order chi connectivity index (χ0) is 21.5. The Balaban J connectivity index is 1.38. The van der Waals surface area contributed by atoms with Crippen LogP contribution in [0.2, 0.25) is 0 Å². The normalized spacial score (nSPS) is 21.6. The summed E-state index contributed by atoms with van der Waals surface area (Å²) in [4.78, 5) is 57.0. The number of hydrogen-bond donors (Lipinski definition) is 1. The molecule has 10 nitrogen and oxygen atoms in total. The zero-order valence-corrected chi connectivity index (χ0v) is 16.5. The van der Waals surface area contributed by atoms with Gasteiger partial charge in [0.25, 0.3) is 17.7 Å². The third kappa shape index (κ3) is 3.29. The Morgan fingerprint density at radius 1 is 1.06 bits per heavy atom. The summed E-state index contributed by atoms with van der Waals surface area (Å²) in [6.07, 6.45) is 1.37. The molecule has 1 N–H and O–H groups in total. The second kappa shape index (κ2) is 7.46. The molecule has 0 saturated carbocycles. The van der Waals surface area contributed by atoms with Crippen LogP contribution in [0.25, 0.3) is 11.5 Å². The molecule has 3 aliphatic rings. The fraction of sp³-hybridized carbons (Fsp3) is 0.333. The molecule has 10 heteroatoms. The van der Waals surface area contributed by atoms with Crippen LogP contribution in [-0.2, 0) is 25.7 Å². The van der Waals surface area contributed by atoms with Gasteiger partial charge in [-0.1, -0.05) is 23.4 Å². The molecule has 1 saturated heterocycles. The van der Waals surface area contributed by atoms with Crippen molar-refractivity contribution in [2.24, 2.45) is 0 Å². The van der Waals surface area contributed by atoms with Crippen LogP contribution in [0.1, 0.15) is 31.5 Å². The Morgan fingerprint density at radius 2 is 1.87 bits per heavy atom. The summed E-state index contributed by atoms with van der Waals surface area (Å²) < 4.78 is 5.34. The lowest BCUT2D eigenvalue weighted by atomic mass is 10.0. The summed E-state index contributed by atoms with van der Waals surface area (Å²) >= 11 is 0. The van der Waals surface area contributed by atoms with E-state index in [-0.39, 0.29) is 25.1 Å². The summed E-state index contributed by atoms with van der Waals surface area (Å²) in [6, 6.07) is 8.37. The topological polar surface area (TPSA) is 126 Å². The number of benzene rings is 1. The molecule has 31 heavy (non-hydrogen) atoms. The second-order valence-electron chi connectivity index (χ2n) is 7.68. The van der Waals surface area contributed by atoms with E-state index in [1.54, 1.807) is 4.90 Å². The first kappa shape index (κ1) is 19.2. The molecular weight excluding hydrogens is 402 g/mol. The minimum atomic E-state index is -0.972. The van der Waals surface area contributed by atoms with E-state index in [1.165, 1.54) is 0 Å². The van der Waals surface area contributed by atoms with E-state index in [0.717, 1.165) is 10.5 Å². The summed E-state index contributed by atoms with van der Waals surface area (Å²) in [6.45, 7) is 0.758. The van der Waals surface area contributed by atoms with Crippen LogP contribution in [0.15, 0.2) is 46.1 Å². The molecule has 3 aliphatic heterocycles. The number of hydrogen-bond acceptors (Lipinski definition) is 8. The molecule has 0 aliphatic carbocycles. The van der Waals surface area contributed by atoms with Crippen LogP contribution in [0.4, 0.5) is 0 Å². The summed E-state index contributed by atoms with van der Waals surface area (Å²) in [7, 11) is 0. The van der Waals surface area contributed by atoms with Crippen molar-refractivity contribution in [3.05, 3.63) is 47.4 Å². The summed E-state index contributed by atoms with van der Waals surface area (Å²) in [5.41, 5.74) is 1.47. The Labute approximate surface area is 176 Å². The molecular formula is C21H19N5O5. The summed E-state index contributed by atoms with van der Waals surface area (Å²) in [5, 5.41) is 6.22. The van der Waals surface area contributed by atoms with Crippen LogP contribution in [0.5, 0.6) is 0 Å². The number of rotatable bonds is 4. The number of amides is 4. The van der Waals surface area contributed by atoms with E-state index in [1.807, 2.05) is 30.3 Å². The van der Waals surface area contributed by atoms with E-state index in [4.69, 9.17) is 4.52 Å². The fourth-order valence-electron chi connectivity index (χ4n) is 4.25. The highest BCUT2D eigenvalue weighted by molar-refractivity contribution is 6.21. The molecule has 1 atom stereocenters. The van der Waals surface area contributed by atoms with Crippen LogP contribution in [0.3, 0.4) is 0 Å². The average molecular weight is 421 g/mol. The van der Waals surface area contributed by atoms with Gasteiger partial charge in [-0.15, -0.1) is 0 Å². The zero-order valence-electron chi connectivity index (χ0n) is 16.5. The Hall–Kier alpha value is -3.82. The maximum Gasteiger partial charge on any atom is 0.278 e. The third-order valence-electron chi connectivity index (χ3n) is 5.70. The average Bonchev–Trinajstić information content (AvgIpc) is 3.33. The van der Waals surface area contributed by atoms with Gasteiger partial charge in [0.2, 0.25) is 11.8 Å². The quantitative estimate of drug-likeness (QED) is 0.717. The monoisotopic (exact) mass is 421 g/mol. The number of piperidine rings is 1. The second-order valence-corrected chi connectivity index (χ2v) is 7.68. The first-order valence-corrected chi connectivity index (χ1v) is 10.1. The molecule has 2 aromatic rings. The standard InChI is InChI=1S/C21H19N5O5/c27-16-9-8-14(18(28)23-16)26-20(29)13-7-4-10-25(17(13)21(26)30)11-15-22-19(31-24-15)12-5-2-1-3-6-12/h1-3,5-6,14H,4,7-11H2,(H,23,27,28). The fourth-order valence-corrected chi connectivity index (χ4v) is 4.25. The van der Waals surface area contributed by atoms with Gasteiger partial charge < -0.3 is 9.42 Å². The molecule has 4 amide bonds. The number of carbonyl (C=O) groups is 4. The predicted octanol–water partition coefficient (Wildman–Crippen LogP) is 0.760. The Morgan fingerprint density at radius 3 is 2.65 bits per heavy atom. The molecule has 0 spiro atoms. The van der Waals surface area contributed by atoms with Gasteiger partial charge in [-0.3, -0.25) is 29.4 Å². The molecule has 5 rings (SSSR count). The Kier molecular flexibility index (Phi) is 4.61. The van der Waals surface area contributed by atoms with Crippen molar-refractivity contribution in [2.75, 3.05) is 6.54 Å². The first-order valence-electron chi connectivity index (χ1n) is 10.1. The van der Waals surface area contributed by atoms with E-state index in [9.17, 15) is 19.2 Å². The first-order chi connectivity index (χ1) is 15.0. The van der Waals surface area contributed by atoms with Gasteiger partial charge >= 0.3 is 0 Å². The molecule has 1 aromatic carbocycles. The van der Waals surface area contributed by atoms with Crippen LogP contribution in [-0.4, -0.2) is 56.2 Å². The van der Waals surface area contributed by atoms with Gasteiger partial charge in [0.15, 0.2) is 5.82 Å². The van der Waals surface area contributed by atoms with Crippen LogP contribution in [0, 0.1) is 0 Å². The van der Waals surface area contributed by atoms with Crippen LogP contribution < -0.4 is 5.32 Å². The highest BCUT2D eigenvalue weighted by atomic mass is 16.5. The lowest BCUT2D eigenvalue weighted by Crippen LogP contribution is -2.55. The lowest BCUT2D eigenvalue weighted by Gasteiger charge is -2.30. The van der Waals surface area contributed by atoms with Gasteiger partial charge in [-0.2, -0.15) is 4.98 Å². The van der Waals surface area contributed by atoms with Gasteiger partial charge in [-0.25, -0.2) is 0 Å². The minimum Gasteiger partial charge on any atom is -0.359 e. The smallest absolute Gasteiger partial charge is 0.278 e. The maximum atomic E-state index is 13.2. The summed E-state index contributed by atoms with van der Waals surface area (Å²) in [5.74, 6) is -1.22. The number of imide groups is 2. The molecule has 158 valence electrons. The number of nitrogens with one attached hydrogen (secondary N) is 1. The van der Waals surface area contributed by atoms with Crippen molar-refractivity contribution in [3.63, 3.8) is 0 Å². The van der Waals surface area contributed by atoms with Crippen molar-refractivity contribution in [1.82, 2.24) is 25.3 Å². The lowest BCUT2D eigenvalue weighted by molar-refractivity contribution is -0.150. The van der Waals surface area contributed by atoms with Crippen LogP contribution >= 0.6 is 0 Å². The van der Waals surface area contributed by atoms with Crippen molar-refractivity contribution >= 4 is 23.6 Å². The van der Waals surface area contributed by atoms with E-state index in [2.05, 4.69) is 15.5 Å². The Bertz CT molecular complexity index is 1120. The highest BCUT2D eigenvalue weighted by Gasteiger charge is 2.48. The maximum absolute atomic E-state index is 13.2. The van der Waals surface area contributed by atoms with Crippen molar-refractivity contribution in [3.8, 4) is 11.5 Å². The predicted molar refractivity (Wildman–Crippen MR) is 104 cm³/mol. The largest absolute Gasteiger partial charge is 0.359 e. The van der Waals surface area contributed by atoms with E-state index in [0.29, 0.717) is 36.7 Å². The van der Waals surface area contributed by atoms with E-state index < -0.39 is 29.7 Å². The van der Waals surface area contributed by atoms with Gasteiger partial charge in [-0.05, 0) is 31.4 Å². The molecule has 1 unspecified atom stereocenters. The SMILES string of the molecule is O=C1CCC(N2C(=O)C3=C(C2=O)N(Cc2noc(-c4ccccc4)n2)CCC3)C(=O)N1. The van der Waals surface area contributed by atoms with Crippen molar-refractivity contribution < 1.29 is 23.7 Å².